The largest absolute Gasteiger partial charge is 0.423 e. The van der Waals surface area contributed by atoms with Crippen LogP contribution in [0.4, 0.5) is 0 Å². The maximum absolute atomic E-state index is 12.3. The predicted octanol–water partition coefficient (Wildman–Crippen LogP) is 2.62. The lowest BCUT2D eigenvalue weighted by atomic mass is 10.1. The zero-order valence-electron chi connectivity index (χ0n) is 11.4. The molecule has 106 valence electrons. The highest BCUT2D eigenvalue weighted by molar-refractivity contribution is 6.03. The molecule has 0 aliphatic carbocycles. The molecule has 5 heteroatoms. The third kappa shape index (κ3) is 2.58. The van der Waals surface area contributed by atoms with E-state index in [1.165, 1.54) is 18.2 Å². The standard InChI is InChI=1S/C17H10N2O3/c18-10-11-5-7-12(8-6-11)22-17(21)14-9-16(20)19-15-4-2-1-3-13(14)15/h1-9H,(H,19,20). The molecule has 3 aromatic rings. The van der Waals surface area contributed by atoms with Crippen molar-refractivity contribution in [2.24, 2.45) is 0 Å². The van der Waals surface area contributed by atoms with Crippen LogP contribution in [0.15, 0.2) is 59.4 Å². The Morgan fingerprint density at radius 3 is 2.55 bits per heavy atom. The van der Waals surface area contributed by atoms with Gasteiger partial charge in [-0.2, -0.15) is 5.26 Å². The molecule has 2 aromatic carbocycles. The molecule has 5 nitrogen and oxygen atoms in total. The molecule has 0 saturated heterocycles. The number of pyridine rings is 1. The minimum atomic E-state index is -0.619. The number of rotatable bonds is 2. The second-order valence-electron chi connectivity index (χ2n) is 4.62. The second-order valence-corrected chi connectivity index (χ2v) is 4.62. The van der Waals surface area contributed by atoms with Gasteiger partial charge < -0.3 is 9.72 Å². The van der Waals surface area contributed by atoms with Crippen LogP contribution < -0.4 is 10.3 Å². The minimum absolute atomic E-state index is 0.198. The quantitative estimate of drug-likeness (QED) is 0.581. The number of fused-ring (bicyclic) bond motifs is 1. The third-order valence-corrected chi connectivity index (χ3v) is 3.16. The van der Waals surface area contributed by atoms with Gasteiger partial charge in [-0.25, -0.2) is 4.79 Å². The van der Waals surface area contributed by atoms with Gasteiger partial charge in [0.15, 0.2) is 0 Å². The number of benzene rings is 2. The molecule has 0 atom stereocenters. The monoisotopic (exact) mass is 290 g/mol. The highest BCUT2D eigenvalue weighted by atomic mass is 16.5. The molecule has 0 bridgehead atoms. The number of para-hydroxylation sites is 1. The Morgan fingerprint density at radius 1 is 1.09 bits per heavy atom. The molecule has 1 heterocycles. The molecule has 0 aliphatic heterocycles. The lowest BCUT2D eigenvalue weighted by Crippen LogP contribution is -2.14. The first-order valence-corrected chi connectivity index (χ1v) is 6.52. The average Bonchev–Trinajstić information content (AvgIpc) is 2.54. The van der Waals surface area contributed by atoms with Gasteiger partial charge in [0, 0.05) is 17.0 Å². The van der Waals surface area contributed by atoms with Crippen LogP contribution in [0, 0.1) is 11.3 Å². The van der Waals surface area contributed by atoms with Crippen LogP contribution in [0.3, 0.4) is 0 Å². The van der Waals surface area contributed by atoms with E-state index in [0.717, 1.165) is 0 Å². The topological polar surface area (TPSA) is 82.9 Å². The van der Waals surface area contributed by atoms with E-state index in [0.29, 0.717) is 22.2 Å². The number of carbonyl (C=O) groups is 1. The molecule has 0 amide bonds. The van der Waals surface area contributed by atoms with Gasteiger partial charge in [-0.3, -0.25) is 4.79 Å². The highest BCUT2D eigenvalue weighted by Gasteiger charge is 2.14. The van der Waals surface area contributed by atoms with E-state index in [4.69, 9.17) is 10.00 Å². The van der Waals surface area contributed by atoms with Crippen molar-refractivity contribution in [1.29, 1.82) is 5.26 Å². The number of aromatic amines is 1. The van der Waals surface area contributed by atoms with Crippen molar-refractivity contribution in [3.8, 4) is 11.8 Å². The number of aromatic nitrogens is 1. The van der Waals surface area contributed by atoms with Crippen molar-refractivity contribution >= 4 is 16.9 Å². The number of carbonyl (C=O) groups excluding carboxylic acids is 1. The van der Waals surface area contributed by atoms with Crippen LogP contribution in [-0.4, -0.2) is 11.0 Å². The fraction of sp³-hybridized carbons (Fsp3) is 0. The molecule has 0 radical (unpaired) electrons. The molecule has 0 aliphatic rings. The van der Waals surface area contributed by atoms with Gasteiger partial charge in [-0.05, 0) is 30.3 Å². The summed E-state index contributed by atoms with van der Waals surface area (Å²) in [5.74, 6) is -0.305. The Balaban J connectivity index is 1.98. The van der Waals surface area contributed by atoms with Crippen LogP contribution in [0.1, 0.15) is 15.9 Å². The van der Waals surface area contributed by atoms with Crippen molar-refractivity contribution in [1.82, 2.24) is 4.98 Å². The number of nitrogens with zero attached hydrogens (tertiary/aromatic N) is 1. The number of nitriles is 1. The van der Waals surface area contributed by atoms with Gasteiger partial charge in [-0.1, -0.05) is 18.2 Å². The lowest BCUT2D eigenvalue weighted by Gasteiger charge is -2.07. The van der Waals surface area contributed by atoms with E-state index in [1.807, 2.05) is 6.07 Å². The lowest BCUT2D eigenvalue weighted by molar-refractivity contribution is 0.0736. The molecule has 3 rings (SSSR count). The van der Waals surface area contributed by atoms with Gasteiger partial charge in [-0.15, -0.1) is 0 Å². The Hall–Kier alpha value is -3.39. The fourth-order valence-corrected chi connectivity index (χ4v) is 2.13. The number of hydrogen-bond acceptors (Lipinski definition) is 4. The maximum Gasteiger partial charge on any atom is 0.344 e. The van der Waals surface area contributed by atoms with E-state index >= 15 is 0 Å². The summed E-state index contributed by atoms with van der Waals surface area (Å²) in [7, 11) is 0. The van der Waals surface area contributed by atoms with Crippen molar-refractivity contribution in [2.75, 3.05) is 0 Å². The zero-order valence-corrected chi connectivity index (χ0v) is 11.4. The maximum atomic E-state index is 12.3. The molecule has 0 saturated carbocycles. The number of esters is 1. The number of ether oxygens (including phenoxy) is 1. The summed E-state index contributed by atoms with van der Waals surface area (Å²) < 4.78 is 5.26. The van der Waals surface area contributed by atoms with Crippen LogP contribution in [0.2, 0.25) is 0 Å². The van der Waals surface area contributed by atoms with Gasteiger partial charge in [0.05, 0.1) is 17.2 Å². The Labute approximate surface area is 125 Å². The van der Waals surface area contributed by atoms with Gasteiger partial charge in [0.2, 0.25) is 5.56 Å². The normalized spacial score (nSPS) is 10.1. The molecule has 1 aromatic heterocycles. The van der Waals surface area contributed by atoms with Gasteiger partial charge in [0.25, 0.3) is 0 Å². The van der Waals surface area contributed by atoms with Gasteiger partial charge in [0.1, 0.15) is 5.75 Å². The summed E-state index contributed by atoms with van der Waals surface area (Å²) in [6.45, 7) is 0. The minimum Gasteiger partial charge on any atom is -0.423 e. The molecular formula is C17H10N2O3. The number of nitrogens with one attached hydrogen (secondary N) is 1. The zero-order chi connectivity index (χ0) is 15.5. The summed E-state index contributed by atoms with van der Waals surface area (Å²) in [6, 6.07) is 16.4. The smallest absolute Gasteiger partial charge is 0.344 e. The van der Waals surface area contributed by atoms with E-state index in [9.17, 15) is 9.59 Å². The fourth-order valence-electron chi connectivity index (χ4n) is 2.13. The first-order chi connectivity index (χ1) is 10.7. The molecule has 0 fully saturated rings. The molecule has 22 heavy (non-hydrogen) atoms. The SMILES string of the molecule is N#Cc1ccc(OC(=O)c2cc(=O)[nH]c3ccccc23)cc1. The van der Waals surface area contributed by atoms with E-state index in [2.05, 4.69) is 4.98 Å². The summed E-state index contributed by atoms with van der Waals surface area (Å²) in [5, 5.41) is 9.35. The Morgan fingerprint density at radius 2 is 1.82 bits per heavy atom. The van der Waals surface area contributed by atoms with E-state index in [1.54, 1.807) is 36.4 Å². The summed E-state index contributed by atoms with van der Waals surface area (Å²) in [5.41, 5.74) is 0.873. The van der Waals surface area contributed by atoms with Crippen LogP contribution >= 0.6 is 0 Å². The van der Waals surface area contributed by atoms with Crippen molar-refractivity contribution in [2.45, 2.75) is 0 Å². The Kier molecular flexibility index (Phi) is 3.42. The summed E-state index contributed by atoms with van der Waals surface area (Å²) >= 11 is 0. The average molecular weight is 290 g/mol. The molecule has 0 spiro atoms. The van der Waals surface area contributed by atoms with Crippen LogP contribution in [-0.2, 0) is 0 Å². The first-order valence-electron chi connectivity index (χ1n) is 6.52. The van der Waals surface area contributed by atoms with E-state index in [-0.39, 0.29) is 11.1 Å². The molecular weight excluding hydrogens is 280 g/mol. The van der Waals surface area contributed by atoms with Crippen LogP contribution in [0.25, 0.3) is 10.9 Å². The van der Waals surface area contributed by atoms with Gasteiger partial charge >= 0.3 is 5.97 Å². The van der Waals surface area contributed by atoms with Crippen molar-refractivity contribution in [3.05, 3.63) is 76.1 Å². The van der Waals surface area contributed by atoms with Crippen LogP contribution in [0.5, 0.6) is 5.75 Å². The summed E-state index contributed by atoms with van der Waals surface area (Å²) in [6.07, 6.45) is 0. The number of H-pyrrole nitrogens is 1. The second kappa shape index (κ2) is 5.54. The first kappa shape index (κ1) is 13.6. The summed E-state index contributed by atoms with van der Waals surface area (Å²) in [4.78, 5) is 26.6. The van der Waals surface area contributed by atoms with E-state index < -0.39 is 5.97 Å². The molecule has 0 unspecified atom stereocenters. The predicted molar refractivity (Wildman–Crippen MR) is 80.7 cm³/mol. The van der Waals surface area contributed by atoms with Crippen molar-refractivity contribution < 1.29 is 9.53 Å². The molecule has 1 N–H and O–H groups in total. The van der Waals surface area contributed by atoms with Crippen molar-refractivity contribution in [3.63, 3.8) is 0 Å². The highest BCUT2D eigenvalue weighted by Crippen LogP contribution is 2.18. The third-order valence-electron chi connectivity index (χ3n) is 3.16. The number of hydrogen-bond donors (Lipinski definition) is 1. The Bertz CT molecular complexity index is 950.